The van der Waals surface area contributed by atoms with Crippen molar-refractivity contribution in [3.63, 3.8) is 0 Å². The van der Waals surface area contributed by atoms with Crippen LogP contribution in [0.2, 0.25) is 0 Å². The zero-order chi connectivity index (χ0) is 12.5. The number of pyridine rings is 1. The molecule has 0 aromatic carbocycles. The summed E-state index contributed by atoms with van der Waals surface area (Å²) in [5.74, 6) is 0.286. The largest absolute Gasteiger partial charge is 0.344 e. The SMILES string of the molecule is CC(c1cccnc1)n1ccc2c1CCCC2=O. The van der Waals surface area contributed by atoms with Gasteiger partial charge in [0.05, 0.1) is 6.04 Å². The standard InChI is InChI=1S/C15H16N2O/c1-11(12-4-3-8-16-10-12)17-9-7-13-14(17)5-2-6-15(13)18/h3-4,7-11H,2,5-6H2,1H3. The van der Waals surface area contributed by atoms with E-state index in [1.807, 2.05) is 24.5 Å². The van der Waals surface area contributed by atoms with Crippen molar-refractivity contribution in [2.75, 3.05) is 0 Å². The minimum atomic E-state index is 0.230. The molecule has 3 rings (SSSR count). The molecule has 1 aliphatic carbocycles. The number of carbonyl (C=O) groups excluding carboxylic acids is 1. The van der Waals surface area contributed by atoms with E-state index in [2.05, 4.69) is 22.5 Å². The highest BCUT2D eigenvalue weighted by Crippen LogP contribution is 2.27. The zero-order valence-corrected chi connectivity index (χ0v) is 10.5. The van der Waals surface area contributed by atoms with E-state index in [4.69, 9.17) is 0 Å². The van der Waals surface area contributed by atoms with Crippen molar-refractivity contribution in [3.8, 4) is 0 Å². The van der Waals surface area contributed by atoms with Gasteiger partial charge in [0.1, 0.15) is 0 Å². The Morgan fingerprint density at radius 1 is 1.33 bits per heavy atom. The van der Waals surface area contributed by atoms with Crippen LogP contribution >= 0.6 is 0 Å². The fraction of sp³-hybridized carbons (Fsp3) is 0.333. The Morgan fingerprint density at radius 3 is 3.00 bits per heavy atom. The Morgan fingerprint density at radius 2 is 2.22 bits per heavy atom. The van der Waals surface area contributed by atoms with Crippen molar-refractivity contribution in [1.82, 2.24) is 9.55 Å². The number of hydrogen-bond acceptors (Lipinski definition) is 2. The molecule has 1 unspecified atom stereocenters. The number of aromatic nitrogens is 2. The summed E-state index contributed by atoms with van der Waals surface area (Å²) in [4.78, 5) is 16.0. The van der Waals surface area contributed by atoms with Crippen molar-refractivity contribution in [1.29, 1.82) is 0 Å². The highest BCUT2D eigenvalue weighted by atomic mass is 16.1. The summed E-state index contributed by atoms with van der Waals surface area (Å²) in [7, 11) is 0. The topological polar surface area (TPSA) is 34.9 Å². The van der Waals surface area contributed by atoms with Gasteiger partial charge in [-0.1, -0.05) is 6.07 Å². The number of fused-ring (bicyclic) bond motifs is 1. The maximum atomic E-state index is 11.8. The van der Waals surface area contributed by atoms with Crippen LogP contribution in [-0.4, -0.2) is 15.3 Å². The summed E-state index contributed by atoms with van der Waals surface area (Å²) in [6, 6.07) is 6.22. The number of nitrogens with zero attached hydrogens (tertiary/aromatic N) is 2. The lowest BCUT2D eigenvalue weighted by Crippen LogP contribution is -2.15. The van der Waals surface area contributed by atoms with Crippen LogP contribution in [0.25, 0.3) is 0 Å². The molecule has 3 nitrogen and oxygen atoms in total. The van der Waals surface area contributed by atoms with E-state index in [1.165, 1.54) is 11.3 Å². The molecule has 0 bridgehead atoms. The molecule has 2 aromatic heterocycles. The van der Waals surface area contributed by atoms with E-state index < -0.39 is 0 Å². The smallest absolute Gasteiger partial charge is 0.164 e. The molecule has 0 fully saturated rings. The minimum Gasteiger partial charge on any atom is -0.344 e. The van der Waals surface area contributed by atoms with Crippen LogP contribution in [0.15, 0.2) is 36.8 Å². The Balaban J connectivity index is 2.01. The summed E-state index contributed by atoms with van der Waals surface area (Å²) in [5, 5.41) is 0. The summed E-state index contributed by atoms with van der Waals surface area (Å²) in [6.45, 7) is 2.15. The first kappa shape index (κ1) is 11.2. The van der Waals surface area contributed by atoms with Gasteiger partial charge < -0.3 is 4.57 Å². The quantitative estimate of drug-likeness (QED) is 0.808. The average molecular weight is 240 g/mol. The van der Waals surface area contributed by atoms with Gasteiger partial charge >= 0.3 is 0 Å². The molecule has 0 radical (unpaired) electrons. The molecule has 92 valence electrons. The first-order valence-corrected chi connectivity index (χ1v) is 6.40. The minimum absolute atomic E-state index is 0.230. The van der Waals surface area contributed by atoms with E-state index in [-0.39, 0.29) is 11.8 Å². The third kappa shape index (κ3) is 1.76. The maximum absolute atomic E-state index is 11.8. The Kier molecular flexibility index (Phi) is 2.74. The van der Waals surface area contributed by atoms with Crippen LogP contribution in [0, 0.1) is 0 Å². The van der Waals surface area contributed by atoms with E-state index >= 15 is 0 Å². The molecule has 1 aliphatic rings. The molecule has 1 atom stereocenters. The number of hydrogen-bond donors (Lipinski definition) is 0. The van der Waals surface area contributed by atoms with E-state index in [0.29, 0.717) is 6.42 Å². The molecule has 3 heteroatoms. The molecular formula is C15H16N2O. The molecule has 0 N–H and O–H groups in total. The second-order valence-electron chi connectivity index (χ2n) is 4.82. The van der Waals surface area contributed by atoms with E-state index in [0.717, 1.165) is 18.4 Å². The number of Topliss-reactive ketones (excluding diaryl/α,β-unsaturated/α-hetero) is 1. The van der Waals surface area contributed by atoms with E-state index in [1.54, 1.807) is 6.20 Å². The Hall–Kier alpha value is -1.90. The lowest BCUT2D eigenvalue weighted by molar-refractivity contribution is 0.0971. The Labute approximate surface area is 106 Å². The van der Waals surface area contributed by atoms with Gasteiger partial charge in [-0.3, -0.25) is 9.78 Å². The summed E-state index contributed by atoms with van der Waals surface area (Å²) < 4.78 is 2.21. The van der Waals surface area contributed by atoms with Crippen LogP contribution in [0.1, 0.15) is 47.4 Å². The second kappa shape index (κ2) is 4.41. The van der Waals surface area contributed by atoms with Gasteiger partial charge in [0, 0.05) is 36.3 Å². The molecule has 0 amide bonds. The van der Waals surface area contributed by atoms with Crippen LogP contribution in [0.4, 0.5) is 0 Å². The summed E-state index contributed by atoms with van der Waals surface area (Å²) in [6.07, 6.45) is 8.37. The molecular weight excluding hydrogens is 224 g/mol. The molecule has 0 saturated carbocycles. The average Bonchev–Trinajstić information content (AvgIpc) is 2.84. The first-order chi connectivity index (χ1) is 8.77. The predicted octanol–water partition coefficient (Wildman–Crippen LogP) is 3.01. The highest BCUT2D eigenvalue weighted by molar-refractivity contribution is 5.98. The van der Waals surface area contributed by atoms with Crippen molar-refractivity contribution in [3.05, 3.63) is 53.6 Å². The van der Waals surface area contributed by atoms with Gasteiger partial charge in [-0.15, -0.1) is 0 Å². The molecule has 2 aromatic rings. The van der Waals surface area contributed by atoms with Gasteiger partial charge in [-0.25, -0.2) is 0 Å². The summed E-state index contributed by atoms with van der Waals surface area (Å²) >= 11 is 0. The lowest BCUT2D eigenvalue weighted by atomic mass is 9.96. The van der Waals surface area contributed by atoms with Gasteiger partial charge in [0.15, 0.2) is 5.78 Å². The monoisotopic (exact) mass is 240 g/mol. The number of rotatable bonds is 2. The van der Waals surface area contributed by atoms with Gasteiger partial charge in [-0.05, 0) is 37.5 Å². The number of ketones is 1. The maximum Gasteiger partial charge on any atom is 0.164 e. The first-order valence-electron chi connectivity index (χ1n) is 6.40. The number of carbonyl (C=O) groups is 1. The van der Waals surface area contributed by atoms with Gasteiger partial charge in [0.2, 0.25) is 0 Å². The van der Waals surface area contributed by atoms with Crippen LogP contribution in [0.3, 0.4) is 0 Å². The molecule has 0 spiro atoms. The zero-order valence-electron chi connectivity index (χ0n) is 10.5. The molecule has 0 aliphatic heterocycles. The highest BCUT2D eigenvalue weighted by Gasteiger charge is 2.22. The third-order valence-electron chi connectivity index (χ3n) is 3.73. The van der Waals surface area contributed by atoms with E-state index in [9.17, 15) is 4.79 Å². The van der Waals surface area contributed by atoms with Crippen LogP contribution < -0.4 is 0 Å². The van der Waals surface area contributed by atoms with Crippen molar-refractivity contribution < 1.29 is 4.79 Å². The van der Waals surface area contributed by atoms with Gasteiger partial charge in [0.25, 0.3) is 0 Å². The van der Waals surface area contributed by atoms with Gasteiger partial charge in [-0.2, -0.15) is 0 Å². The lowest BCUT2D eigenvalue weighted by Gasteiger charge is -2.20. The van der Waals surface area contributed by atoms with Crippen LogP contribution in [0.5, 0.6) is 0 Å². The summed E-state index contributed by atoms with van der Waals surface area (Å²) in [5.41, 5.74) is 3.27. The molecule has 0 saturated heterocycles. The van der Waals surface area contributed by atoms with Crippen molar-refractivity contribution >= 4 is 5.78 Å². The predicted molar refractivity (Wildman–Crippen MR) is 69.8 cm³/mol. The normalized spacial score (nSPS) is 16.4. The Bertz CT molecular complexity index is 571. The molecule has 2 heterocycles. The second-order valence-corrected chi connectivity index (χ2v) is 4.82. The van der Waals surface area contributed by atoms with Crippen molar-refractivity contribution in [2.24, 2.45) is 0 Å². The van der Waals surface area contributed by atoms with Crippen LogP contribution in [-0.2, 0) is 6.42 Å². The fourth-order valence-electron chi connectivity index (χ4n) is 2.70. The molecule has 18 heavy (non-hydrogen) atoms. The van der Waals surface area contributed by atoms with Crippen molar-refractivity contribution in [2.45, 2.75) is 32.2 Å². The fourth-order valence-corrected chi connectivity index (χ4v) is 2.70. The third-order valence-corrected chi connectivity index (χ3v) is 3.73.